The predicted octanol–water partition coefficient (Wildman–Crippen LogP) is 1.76. The fraction of sp³-hybridized carbons (Fsp3) is 0.571. The number of nitrogens with zero attached hydrogens (tertiary/aromatic N) is 2. The monoisotopic (exact) mass is 474 g/mol. The lowest BCUT2D eigenvalue weighted by Gasteiger charge is -2.36. The minimum absolute atomic E-state index is 0.0105. The molecule has 0 radical (unpaired) electrons. The molecule has 0 bridgehead atoms. The number of anilines is 1. The van der Waals surface area contributed by atoms with Crippen LogP contribution in [0.5, 0.6) is 0 Å². The zero-order chi connectivity index (χ0) is 24.2. The van der Waals surface area contributed by atoms with Crippen molar-refractivity contribution in [3.05, 3.63) is 29.8 Å². The number of amides is 1. The number of carbonyl (C=O) groups is 3. The van der Waals surface area contributed by atoms with Gasteiger partial charge in [0.25, 0.3) is 5.91 Å². The number of carbonyl (C=O) groups excluding carboxylic acids is 2. The number of morpholine rings is 1. The average molecular weight is 474 g/mol. The van der Waals surface area contributed by atoms with Gasteiger partial charge in [-0.05, 0) is 24.1 Å². The molecule has 2 heterocycles. The first kappa shape index (κ1) is 24.9. The van der Waals surface area contributed by atoms with Crippen molar-refractivity contribution in [3.8, 4) is 0 Å². The largest absolute Gasteiger partial charge is 0.478 e. The number of aliphatic carboxylic acids is 1. The van der Waals surface area contributed by atoms with Crippen LogP contribution >= 0.6 is 0 Å². The molecule has 9 nitrogen and oxygen atoms in total. The van der Waals surface area contributed by atoms with Gasteiger partial charge in [-0.2, -0.15) is 13.2 Å². The number of benzene rings is 1. The van der Waals surface area contributed by atoms with Crippen LogP contribution in [0.15, 0.2) is 24.3 Å². The summed E-state index contributed by atoms with van der Waals surface area (Å²) < 4.78 is 57.3. The highest BCUT2D eigenvalue weighted by Crippen LogP contribution is 2.39. The van der Waals surface area contributed by atoms with Gasteiger partial charge >= 0.3 is 18.1 Å². The minimum atomic E-state index is -4.56. The molecule has 3 rings (SSSR count). The number of esters is 1. The van der Waals surface area contributed by atoms with E-state index in [0.717, 1.165) is 6.92 Å². The molecule has 0 aliphatic carbocycles. The lowest BCUT2D eigenvalue weighted by molar-refractivity contribution is -0.194. The highest BCUT2D eigenvalue weighted by molar-refractivity contribution is 6.00. The third-order valence-corrected chi connectivity index (χ3v) is 5.36. The van der Waals surface area contributed by atoms with Crippen molar-refractivity contribution in [3.63, 3.8) is 0 Å². The van der Waals surface area contributed by atoms with Gasteiger partial charge in [-0.3, -0.25) is 14.5 Å². The standard InChI is InChI=1S/C21H25F3N2O7/c1-13(27)33-17(20(29)30)16-19(28)26(6-3-9-32-16)15-5-2-4-14(12-15)18(21(22,23)24)25-7-10-31-11-8-25/h2,4-5,12,16-18H,3,6-11H2,1H3,(H,29,30). The number of hydrogen-bond acceptors (Lipinski definition) is 7. The van der Waals surface area contributed by atoms with Crippen molar-refractivity contribution in [2.75, 3.05) is 44.4 Å². The van der Waals surface area contributed by atoms with Crippen LogP contribution in [0.1, 0.15) is 24.9 Å². The molecule has 1 aromatic carbocycles. The maximum absolute atomic E-state index is 14.0. The highest BCUT2D eigenvalue weighted by atomic mass is 19.4. The summed E-state index contributed by atoms with van der Waals surface area (Å²) in [5.41, 5.74) is 0.119. The molecule has 2 saturated heterocycles. The van der Waals surface area contributed by atoms with Crippen molar-refractivity contribution >= 4 is 23.5 Å². The number of ether oxygens (including phenoxy) is 3. The maximum atomic E-state index is 14.0. The first-order valence-electron chi connectivity index (χ1n) is 10.4. The van der Waals surface area contributed by atoms with Crippen molar-refractivity contribution in [2.45, 2.75) is 37.8 Å². The second-order valence-corrected chi connectivity index (χ2v) is 7.69. The summed E-state index contributed by atoms with van der Waals surface area (Å²) in [5, 5.41) is 9.42. The lowest BCUT2D eigenvalue weighted by atomic mass is 10.0. The highest BCUT2D eigenvalue weighted by Gasteiger charge is 2.46. The SMILES string of the molecule is CC(=O)OC(C(=O)O)C1OCCCN(c2cccc(C(N3CCOCC3)C(F)(F)F)c2)C1=O. The number of carboxylic acids is 1. The van der Waals surface area contributed by atoms with Crippen LogP contribution in [0.3, 0.4) is 0 Å². The normalized spacial score (nSPS) is 22.4. The number of carboxylic acid groups (broad SMARTS) is 1. The number of hydrogen-bond donors (Lipinski definition) is 1. The quantitative estimate of drug-likeness (QED) is 0.622. The Balaban J connectivity index is 1.93. The van der Waals surface area contributed by atoms with Crippen molar-refractivity contribution in [1.82, 2.24) is 4.90 Å². The summed E-state index contributed by atoms with van der Waals surface area (Å²) in [6.07, 6.45) is -7.76. The zero-order valence-corrected chi connectivity index (χ0v) is 17.9. The van der Waals surface area contributed by atoms with Crippen molar-refractivity contribution < 1.29 is 46.9 Å². The summed E-state index contributed by atoms with van der Waals surface area (Å²) in [6.45, 7) is 1.69. The Kier molecular flexibility index (Phi) is 7.92. The van der Waals surface area contributed by atoms with E-state index in [1.165, 1.54) is 34.1 Å². The lowest BCUT2D eigenvalue weighted by Crippen LogP contribution is -2.49. The van der Waals surface area contributed by atoms with Gasteiger partial charge < -0.3 is 24.2 Å². The number of rotatable bonds is 6. The van der Waals surface area contributed by atoms with Crippen molar-refractivity contribution in [1.29, 1.82) is 0 Å². The second-order valence-electron chi connectivity index (χ2n) is 7.69. The number of halogens is 3. The Morgan fingerprint density at radius 1 is 1.18 bits per heavy atom. The van der Waals surface area contributed by atoms with Crippen LogP contribution in [0.4, 0.5) is 18.9 Å². The second kappa shape index (κ2) is 10.5. The van der Waals surface area contributed by atoms with Gasteiger partial charge in [0.05, 0.1) is 13.2 Å². The molecular formula is C21H25F3N2O7. The van der Waals surface area contributed by atoms with E-state index in [4.69, 9.17) is 14.2 Å². The molecule has 33 heavy (non-hydrogen) atoms. The molecule has 12 heteroatoms. The summed E-state index contributed by atoms with van der Waals surface area (Å²) in [4.78, 5) is 38.5. The van der Waals surface area contributed by atoms with Gasteiger partial charge in [0.1, 0.15) is 6.04 Å². The van der Waals surface area contributed by atoms with Crippen LogP contribution in [-0.2, 0) is 28.6 Å². The van der Waals surface area contributed by atoms with Crippen LogP contribution in [0.25, 0.3) is 0 Å². The third-order valence-electron chi connectivity index (χ3n) is 5.36. The first-order chi connectivity index (χ1) is 15.6. The molecule has 3 unspecified atom stereocenters. The molecule has 2 fully saturated rings. The van der Waals surface area contributed by atoms with E-state index in [1.807, 2.05) is 0 Å². The Bertz CT molecular complexity index is 874. The molecule has 0 spiro atoms. The molecule has 0 aromatic heterocycles. The minimum Gasteiger partial charge on any atom is -0.478 e. The van der Waals surface area contributed by atoms with E-state index >= 15 is 0 Å². The molecule has 1 amide bonds. The Hall–Kier alpha value is -2.70. The Morgan fingerprint density at radius 2 is 1.88 bits per heavy atom. The van der Waals surface area contributed by atoms with E-state index in [-0.39, 0.29) is 50.7 Å². The molecule has 0 saturated carbocycles. The van der Waals surface area contributed by atoms with Gasteiger partial charge in [-0.1, -0.05) is 12.1 Å². The third kappa shape index (κ3) is 6.01. The fourth-order valence-corrected chi connectivity index (χ4v) is 3.97. The van der Waals surface area contributed by atoms with Crippen LogP contribution < -0.4 is 4.90 Å². The summed E-state index contributed by atoms with van der Waals surface area (Å²) in [5.74, 6) is -3.29. The van der Waals surface area contributed by atoms with Gasteiger partial charge in [0.15, 0.2) is 6.10 Å². The van der Waals surface area contributed by atoms with E-state index < -0.39 is 42.3 Å². The molecular weight excluding hydrogens is 449 g/mol. The average Bonchev–Trinajstić information content (AvgIpc) is 2.93. The van der Waals surface area contributed by atoms with E-state index in [0.29, 0.717) is 6.42 Å². The van der Waals surface area contributed by atoms with Crippen molar-refractivity contribution in [2.24, 2.45) is 0 Å². The van der Waals surface area contributed by atoms with Gasteiger partial charge in [-0.15, -0.1) is 0 Å². The summed E-state index contributed by atoms with van der Waals surface area (Å²) in [7, 11) is 0. The fourth-order valence-electron chi connectivity index (χ4n) is 3.97. The molecule has 3 atom stereocenters. The van der Waals surface area contributed by atoms with Gasteiger partial charge in [0.2, 0.25) is 6.10 Å². The molecule has 2 aliphatic rings. The van der Waals surface area contributed by atoms with Crippen LogP contribution in [-0.4, -0.2) is 85.7 Å². The van der Waals surface area contributed by atoms with E-state index in [2.05, 4.69) is 0 Å². The summed E-state index contributed by atoms with van der Waals surface area (Å²) >= 11 is 0. The molecule has 182 valence electrons. The molecule has 1 aromatic rings. The molecule has 2 aliphatic heterocycles. The summed E-state index contributed by atoms with van der Waals surface area (Å²) in [6, 6.07) is 3.61. The predicted molar refractivity (Wildman–Crippen MR) is 108 cm³/mol. The van der Waals surface area contributed by atoms with E-state index in [9.17, 15) is 32.7 Å². The van der Waals surface area contributed by atoms with Crippen LogP contribution in [0, 0.1) is 0 Å². The van der Waals surface area contributed by atoms with Gasteiger partial charge in [0, 0.05) is 38.9 Å². The van der Waals surface area contributed by atoms with Gasteiger partial charge in [-0.25, -0.2) is 4.79 Å². The first-order valence-corrected chi connectivity index (χ1v) is 10.4. The number of alkyl halides is 3. The zero-order valence-electron chi connectivity index (χ0n) is 17.9. The molecule has 1 N–H and O–H groups in total. The van der Waals surface area contributed by atoms with E-state index in [1.54, 1.807) is 0 Å². The van der Waals surface area contributed by atoms with Crippen LogP contribution in [0.2, 0.25) is 0 Å². The Morgan fingerprint density at radius 3 is 2.48 bits per heavy atom. The maximum Gasteiger partial charge on any atom is 0.408 e. The topological polar surface area (TPSA) is 106 Å². The Labute approximate surface area is 188 Å². The smallest absolute Gasteiger partial charge is 0.408 e.